The minimum atomic E-state index is 0.552. The van der Waals surface area contributed by atoms with Gasteiger partial charge in [-0.1, -0.05) is 152 Å². The molecule has 0 bridgehead atoms. The van der Waals surface area contributed by atoms with Gasteiger partial charge in [0.25, 0.3) is 0 Å². The molecule has 5 heteroatoms. The highest BCUT2D eigenvalue weighted by atomic mass is 16.3. The number of rotatable bonds is 7. The summed E-state index contributed by atoms with van der Waals surface area (Å²) in [6.45, 7) is 5.94. The second-order valence-electron chi connectivity index (χ2n) is 14.8. The quantitative estimate of drug-likeness (QED) is 0.151. The topological polar surface area (TPSA) is 65.0 Å². The van der Waals surface area contributed by atoms with Gasteiger partial charge in [-0.15, -0.1) is 0 Å². The molecule has 59 heavy (non-hydrogen) atoms. The Bertz CT molecular complexity index is 3480. The summed E-state index contributed by atoms with van der Waals surface area (Å²) < 4.78 is 13.1. The fourth-order valence-corrected chi connectivity index (χ4v) is 8.43. The van der Waals surface area contributed by atoms with Gasteiger partial charge in [0.1, 0.15) is 22.3 Å². The summed E-state index contributed by atoms with van der Waals surface area (Å²) in [5, 5.41) is 6.37. The molecule has 5 nitrogen and oxygen atoms in total. The van der Waals surface area contributed by atoms with Crippen molar-refractivity contribution in [2.45, 2.75) is 6.92 Å². The highest BCUT2D eigenvalue weighted by Gasteiger charge is 2.21. The van der Waals surface area contributed by atoms with Crippen LogP contribution < -0.4 is 0 Å². The van der Waals surface area contributed by atoms with Gasteiger partial charge in [-0.25, -0.2) is 15.0 Å². The third-order valence-corrected chi connectivity index (χ3v) is 11.3. The van der Waals surface area contributed by atoms with Crippen molar-refractivity contribution >= 4 is 60.7 Å². The van der Waals surface area contributed by atoms with E-state index in [0.29, 0.717) is 17.5 Å². The number of hydrogen-bond donors (Lipinski definition) is 0. The van der Waals surface area contributed by atoms with Gasteiger partial charge in [-0.3, -0.25) is 0 Å². The molecule has 0 radical (unpaired) electrons. The van der Waals surface area contributed by atoms with E-state index in [1.807, 2.05) is 66.7 Å². The lowest BCUT2D eigenvalue weighted by atomic mass is 9.92. The van der Waals surface area contributed by atoms with Crippen molar-refractivity contribution in [1.29, 1.82) is 0 Å². The number of allylic oxidation sites excluding steroid dienone is 2. The number of aromatic nitrogens is 3. The Morgan fingerprint density at radius 3 is 1.92 bits per heavy atom. The second kappa shape index (κ2) is 13.9. The smallest absolute Gasteiger partial charge is 0.167 e. The Balaban J connectivity index is 1.06. The second-order valence-corrected chi connectivity index (χ2v) is 14.8. The predicted molar refractivity (Wildman–Crippen MR) is 243 cm³/mol. The molecule has 0 unspecified atom stereocenters. The fourth-order valence-electron chi connectivity index (χ4n) is 8.43. The number of furan rings is 2. The average Bonchev–Trinajstić information content (AvgIpc) is 3.87. The van der Waals surface area contributed by atoms with Crippen LogP contribution in [0.15, 0.2) is 191 Å². The number of nitrogens with zero attached hydrogens (tertiary/aromatic N) is 3. The van der Waals surface area contributed by atoms with E-state index < -0.39 is 0 Å². The first-order valence-electron chi connectivity index (χ1n) is 19.7. The van der Waals surface area contributed by atoms with Crippen molar-refractivity contribution in [1.82, 2.24) is 15.0 Å². The average molecular weight is 758 g/mol. The third kappa shape index (κ3) is 5.82. The van der Waals surface area contributed by atoms with Gasteiger partial charge in [-0.2, -0.15) is 0 Å². The molecule has 0 aliphatic carbocycles. The van der Waals surface area contributed by atoms with Crippen molar-refractivity contribution in [3.63, 3.8) is 0 Å². The molecule has 0 aliphatic rings. The molecule has 0 amide bonds. The minimum Gasteiger partial charge on any atom is -0.456 e. The van der Waals surface area contributed by atoms with E-state index in [1.165, 1.54) is 11.1 Å². The van der Waals surface area contributed by atoms with Gasteiger partial charge in [0.2, 0.25) is 0 Å². The molecule has 0 saturated carbocycles. The molecule has 0 saturated heterocycles. The normalized spacial score (nSPS) is 11.8. The van der Waals surface area contributed by atoms with E-state index in [-0.39, 0.29) is 0 Å². The summed E-state index contributed by atoms with van der Waals surface area (Å²) in [6, 6.07) is 56.6. The van der Waals surface area contributed by atoms with Crippen molar-refractivity contribution in [3.05, 3.63) is 194 Å². The first-order chi connectivity index (χ1) is 29.1. The van der Waals surface area contributed by atoms with Crippen molar-refractivity contribution in [3.8, 4) is 56.4 Å². The molecular formula is C54H35N3O2. The molecule has 0 aliphatic heterocycles. The standard InChI is InChI=1S/C54H35N3O2/c1-3-4-14-34-25-26-36(31-33(34)2)37-27-28-45-49(32-37)58-48-24-13-20-42(50(45)48)40-29-30-44(39-18-9-8-17-38(39)40)53-55-52(35-15-6-5-7-16-35)56-54(57-53)46-22-12-21-43-41-19-10-11-23-47(41)59-51(43)46/h3-32H,1H2,2H3/b14-4-. The number of aryl methyl sites for hydroxylation is 1. The molecule has 3 heterocycles. The number of fused-ring (bicyclic) bond motifs is 7. The van der Waals surface area contributed by atoms with E-state index >= 15 is 0 Å². The molecule has 0 spiro atoms. The Labute approximate surface area is 340 Å². The van der Waals surface area contributed by atoms with Crippen LogP contribution in [0.1, 0.15) is 11.1 Å². The summed E-state index contributed by atoms with van der Waals surface area (Å²) in [4.78, 5) is 15.4. The Morgan fingerprint density at radius 2 is 1.08 bits per heavy atom. The van der Waals surface area contributed by atoms with Crippen LogP contribution in [0.25, 0.3) is 117 Å². The van der Waals surface area contributed by atoms with Crippen molar-refractivity contribution in [2.24, 2.45) is 0 Å². The lowest BCUT2D eigenvalue weighted by Crippen LogP contribution is -2.01. The summed E-state index contributed by atoms with van der Waals surface area (Å²) >= 11 is 0. The largest absolute Gasteiger partial charge is 0.456 e. The zero-order valence-corrected chi connectivity index (χ0v) is 32.2. The van der Waals surface area contributed by atoms with Crippen LogP contribution >= 0.6 is 0 Å². The third-order valence-electron chi connectivity index (χ3n) is 11.3. The maximum Gasteiger partial charge on any atom is 0.167 e. The number of benzene rings is 8. The zero-order chi connectivity index (χ0) is 39.5. The molecule has 11 rings (SSSR count). The van der Waals surface area contributed by atoms with E-state index in [0.717, 1.165) is 93.6 Å². The molecule has 8 aromatic carbocycles. The molecule has 3 aromatic heterocycles. The highest BCUT2D eigenvalue weighted by molar-refractivity contribution is 6.17. The van der Waals surface area contributed by atoms with Crippen LogP contribution in [0.2, 0.25) is 0 Å². The highest BCUT2D eigenvalue weighted by Crippen LogP contribution is 2.43. The maximum absolute atomic E-state index is 6.59. The van der Waals surface area contributed by atoms with Gasteiger partial charge >= 0.3 is 0 Å². The predicted octanol–water partition coefficient (Wildman–Crippen LogP) is 14.7. The minimum absolute atomic E-state index is 0.552. The van der Waals surface area contributed by atoms with Gasteiger partial charge in [0.05, 0.1) is 5.56 Å². The zero-order valence-electron chi connectivity index (χ0n) is 32.2. The van der Waals surface area contributed by atoms with E-state index in [1.54, 1.807) is 6.08 Å². The van der Waals surface area contributed by atoms with E-state index in [4.69, 9.17) is 23.8 Å². The summed E-state index contributed by atoms with van der Waals surface area (Å²) in [7, 11) is 0. The van der Waals surface area contributed by atoms with Gasteiger partial charge in [-0.05, 0) is 87.5 Å². The first-order valence-corrected chi connectivity index (χ1v) is 19.7. The molecule has 278 valence electrons. The molecule has 0 atom stereocenters. The van der Waals surface area contributed by atoms with Crippen LogP contribution in [-0.4, -0.2) is 15.0 Å². The van der Waals surface area contributed by atoms with Crippen LogP contribution in [0.4, 0.5) is 0 Å². The van der Waals surface area contributed by atoms with Crippen LogP contribution in [0, 0.1) is 6.92 Å². The fraction of sp³-hybridized carbons (Fsp3) is 0.0185. The van der Waals surface area contributed by atoms with Gasteiger partial charge in [0, 0.05) is 32.7 Å². The Morgan fingerprint density at radius 1 is 0.441 bits per heavy atom. The summed E-state index contributed by atoms with van der Waals surface area (Å²) in [6.07, 6.45) is 5.85. The van der Waals surface area contributed by atoms with Crippen molar-refractivity contribution < 1.29 is 8.83 Å². The number of hydrogen-bond acceptors (Lipinski definition) is 5. The molecule has 11 aromatic rings. The molecule has 0 N–H and O–H groups in total. The summed E-state index contributed by atoms with van der Waals surface area (Å²) in [5.41, 5.74) is 12.8. The maximum atomic E-state index is 6.59. The first kappa shape index (κ1) is 34.4. The molecule has 0 fully saturated rings. The van der Waals surface area contributed by atoms with Crippen LogP contribution in [0.5, 0.6) is 0 Å². The van der Waals surface area contributed by atoms with Crippen LogP contribution in [0.3, 0.4) is 0 Å². The van der Waals surface area contributed by atoms with E-state index in [2.05, 4.69) is 123 Å². The Kier molecular flexibility index (Phi) is 8.12. The number of para-hydroxylation sites is 2. The Hall–Kier alpha value is -7.89. The van der Waals surface area contributed by atoms with Gasteiger partial charge in [0.15, 0.2) is 17.5 Å². The monoisotopic (exact) mass is 757 g/mol. The van der Waals surface area contributed by atoms with Crippen LogP contribution in [-0.2, 0) is 0 Å². The molecular weight excluding hydrogens is 723 g/mol. The van der Waals surface area contributed by atoms with E-state index in [9.17, 15) is 0 Å². The SMILES string of the molecule is C=C/C=C\c1ccc(-c2ccc3c(c2)oc2cccc(-c4ccc(-c5nc(-c6ccccc6)nc(-c6cccc7c6oc6ccccc67)n5)c5ccccc45)c23)cc1C. The summed E-state index contributed by atoms with van der Waals surface area (Å²) in [5.74, 6) is 1.73. The lowest BCUT2D eigenvalue weighted by Gasteiger charge is -2.14. The van der Waals surface area contributed by atoms with Gasteiger partial charge < -0.3 is 8.83 Å². The van der Waals surface area contributed by atoms with Crippen molar-refractivity contribution in [2.75, 3.05) is 0 Å². The lowest BCUT2D eigenvalue weighted by molar-refractivity contribution is 0.669.